The lowest BCUT2D eigenvalue weighted by atomic mass is 9.79. The average Bonchev–Trinajstić information content (AvgIpc) is 3.33. The van der Waals surface area contributed by atoms with Crippen molar-refractivity contribution < 1.29 is 4.79 Å². The molecule has 0 spiro atoms. The number of pyridine rings is 1. The summed E-state index contributed by atoms with van der Waals surface area (Å²) < 4.78 is 0. The summed E-state index contributed by atoms with van der Waals surface area (Å²) >= 11 is 0. The van der Waals surface area contributed by atoms with E-state index < -0.39 is 0 Å². The molecule has 0 unspecified atom stereocenters. The van der Waals surface area contributed by atoms with Gasteiger partial charge in [-0.3, -0.25) is 14.9 Å². The fourth-order valence-corrected chi connectivity index (χ4v) is 4.07. The molecular weight excluding hydrogens is 376 g/mol. The van der Waals surface area contributed by atoms with Gasteiger partial charge < -0.3 is 5.32 Å². The fourth-order valence-electron chi connectivity index (χ4n) is 4.07. The minimum absolute atomic E-state index is 0.0931. The Balaban J connectivity index is 1.44. The molecule has 0 radical (unpaired) electrons. The lowest BCUT2D eigenvalue weighted by Crippen LogP contribution is -2.31. The molecule has 7 heteroatoms. The van der Waals surface area contributed by atoms with Gasteiger partial charge in [0.15, 0.2) is 0 Å². The van der Waals surface area contributed by atoms with Gasteiger partial charge in [-0.1, -0.05) is 19.9 Å². The predicted molar refractivity (Wildman–Crippen MR) is 115 cm³/mol. The van der Waals surface area contributed by atoms with E-state index in [4.69, 9.17) is 4.98 Å². The van der Waals surface area contributed by atoms with Crippen LogP contribution in [-0.4, -0.2) is 37.6 Å². The monoisotopic (exact) mass is 404 g/mol. The second-order valence-electron chi connectivity index (χ2n) is 8.29. The van der Waals surface area contributed by atoms with Crippen molar-refractivity contribution >= 4 is 5.91 Å². The smallest absolute Gasteiger partial charge is 0.269 e. The first-order chi connectivity index (χ1) is 14.6. The summed E-state index contributed by atoms with van der Waals surface area (Å²) in [5.74, 6) is 1.96. The Bertz CT molecular complexity index is 963. The number of carbonyl (C=O) groups is 1. The van der Waals surface area contributed by atoms with Gasteiger partial charge in [0.05, 0.1) is 11.4 Å². The van der Waals surface area contributed by atoms with Crippen molar-refractivity contribution in [2.75, 3.05) is 6.54 Å². The van der Waals surface area contributed by atoms with Gasteiger partial charge in [-0.2, -0.15) is 5.10 Å². The Hall–Kier alpha value is -3.09. The number of nitrogens with zero attached hydrogens (tertiary/aromatic N) is 4. The minimum atomic E-state index is -0.0931. The molecule has 3 heterocycles. The van der Waals surface area contributed by atoms with E-state index in [0.717, 1.165) is 48.5 Å². The molecule has 1 saturated carbocycles. The van der Waals surface area contributed by atoms with Crippen molar-refractivity contribution in [3.8, 4) is 11.3 Å². The highest BCUT2D eigenvalue weighted by Gasteiger charge is 2.27. The van der Waals surface area contributed by atoms with Crippen LogP contribution < -0.4 is 5.32 Å². The van der Waals surface area contributed by atoms with E-state index in [1.54, 1.807) is 12.3 Å². The first-order valence-electron chi connectivity index (χ1n) is 10.7. The van der Waals surface area contributed by atoms with Gasteiger partial charge in [-0.25, -0.2) is 9.97 Å². The van der Waals surface area contributed by atoms with Crippen LogP contribution >= 0.6 is 0 Å². The summed E-state index contributed by atoms with van der Waals surface area (Å²) in [5, 5.41) is 9.56. The molecular formula is C23H28N6O. The van der Waals surface area contributed by atoms with E-state index >= 15 is 0 Å². The van der Waals surface area contributed by atoms with Crippen LogP contribution in [0.4, 0.5) is 0 Å². The van der Waals surface area contributed by atoms with E-state index in [9.17, 15) is 4.79 Å². The number of rotatable bonds is 6. The van der Waals surface area contributed by atoms with Crippen LogP contribution in [0.2, 0.25) is 0 Å². The molecule has 1 amide bonds. The molecule has 2 N–H and O–H groups in total. The van der Waals surface area contributed by atoms with Crippen LogP contribution in [0.1, 0.15) is 73.4 Å². The highest BCUT2D eigenvalue weighted by molar-refractivity contribution is 5.92. The first kappa shape index (κ1) is 20.2. The van der Waals surface area contributed by atoms with Crippen molar-refractivity contribution in [1.29, 1.82) is 0 Å². The van der Waals surface area contributed by atoms with Crippen molar-refractivity contribution in [2.45, 2.75) is 51.4 Å². The Kier molecular flexibility index (Phi) is 6.16. The van der Waals surface area contributed by atoms with E-state index in [1.165, 1.54) is 0 Å². The van der Waals surface area contributed by atoms with Crippen LogP contribution in [0.15, 0.2) is 42.9 Å². The summed E-state index contributed by atoms with van der Waals surface area (Å²) in [5.41, 5.74) is 3.59. The van der Waals surface area contributed by atoms with Gasteiger partial charge in [-0.15, -0.1) is 0 Å². The Morgan fingerprint density at radius 2 is 1.97 bits per heavy atom. The summed E-state index contributed by atoms with van der Waals surface area (Å²) in [7, 11) is 0. The largest absolute Gasteiger partial charge is 0.350 e. The number of nitrogens with one attached hydrogen (secondary N) is 2. The Morgan fingerprint density at radius 3 is 2.63 bits per heavy atom. The molecule has 30 heavy (non-hydrogen) atoms. The van der Waals surface area contributed by atoms with Crippen molar-refractivity contribution in [3.63, 3.8) is 0 Å². The molecule has 1 aliphatic rings. The molecule has 7 nitrogen and oxygen atoms in total. The topological polar surface area (TPSA) is 96.5 Å². The van der Waals surface area contributed by atoms with E-state index in [1.807, 2.05) is 30.6 Å². The number of aromatic amines is 1. The van der Waals surface area contributed by atoms with E-state index in [2.05, 4.69) is 39.3 Å². The predicted octanol–water partition coefficient (Wildman–Crippen LogP) is 4.09. The molecule has 3 aromatic heterocycles. The summed E-state index contributed by atoms with van der Waals surface area (Å²) in [6.45, 7) is 4.94. The lowest BCUT2D eigenvalue weighted by Gasteiger charge is -2.29. The van der Waals surface area contributed by atoms with E-state index in [-0.39, 0.29) is 11.8 Å². The van der Waals surface area contributed by atoms with Crippen molar-refractivity contribution in [2.24, 2.45) is 5.92 Å². The SMILES string of the molecule is CC(C)c1ncc(-c2ccccn2)c(C2CCC(CNC(=O)c3ccn[nH]3)CC2)n1. The van der Waals surface area contributed by atoms with Crippen LogP contribution in [-0.2, 0) is 0 Å². The van der Waals surface area contributed by atoms with Crippen LogP contribution in [0, 0.1) is 5.92 Å². The highest BCUT2D eigenvalue weighted by Crippen LogP contribution is 2.38. The van der Waals surface area contributed by atoms with Crippen LogP contribution in [0.3, 0.4) is 0 Å². The zero-order valence-electron chi connectivity index (χ0n) is 17.5. The molecule has 4 rings (SSSR count). The number of hydrogen-bond acceptors (Lipinski definition) is 5. The fraction of sp³-hybridized carbons (Fsp3) is 0.435. The van der Waals surface area contributed by atoms with Gasteiger partial charge in [0.1, 0.15) is 11.5 Å². The minimum Gasteiger partial charge on any atom is -0.350 e. The molecule has 0 atom stereocenters. The first-order valence-corrected chi connectivity index (χ1v) is 10.7. The third-order valence-electron chi connectivity index (χ3n) is 5.82. The van der Waals surface area contributed by atoms with Gasteiger partial charge in [0.2, 0.25) is 0 Å². The number of carbonyl (C=O) groups excluding carboxylic acids is 1. The molecule has 0 aromatic carbocycles. The van der Waals surface area contributed by atoms with Gasteiger partial charge in [0, 0.05) is 42.5 Å². The molecule has 0 aliphatic heterocycles. The summed E-state index contributed by atoms with van der Waals surface area (Å²) in [4.78, 5) is 26.2. The molecule has 1 fully saturated rings. The second-order valence-corrected chi connectivity index (χ2v) is 8.29. The number of hydrogen-bond donors (Lipinski definition) is 2. The van der Waals surface area contributed by atoms with Gasteiger partial charge in [-0.05, 0) is 49.8 Å². The normalized spacial score (nSPS) is 19.0. The van der Waals surface area contributed by atoms with Crippen molar-refractivity contribution in [1.82, 2.24) is 30.5 Å². The third-order valence-corrected chi connectivity index (χ3v) is 5.82. The second kappa shape index (κ2) is 9.15. The molecule has 0 bridgehead atoms. The summed E-state index contributed by atoms with van der Waals surface area (Å²) in [6.07, 6.45) is 9.59. The number of H-pyrrole nitrogens is 1. The van der Waals surface area contributed by atoms with E-state index in [0.29, 0.717) is 24.1 Å². The maximum atomic E-state index is 12.1. The number of amides is 1. The van der Waals surface area contributed by atoms with Gasteiger partial charge in [0.25, 0.3) is 5.91 Å². The summed E-state index contributed by atoms with van der Waals surface area (Å²) in [6, 6.07) is 7.64. The maximum Gasteiger partial charge on any atom is 0.269 e. The maximum absolute atomic E-state index is 12.1. The zero-order chi connectivity index (χ0) is 20.9. The highest BCUT2D eigenvalue weighted by atomic mass is 16.1. The van der Waals surface area contributed by atoms with Crippen LogP contribution in [0.5, 0.6) is 0 Å². The lowest BCUT2D eigenvalue weighted by molar-refractivity contribution is 0.0938. The molecule has 3 aromatic rings. The third kappa shape index (κ3) is 4.56. The zero-order valence-corrected chi connectivity index (χ0v) is 17.5. The number of aromatic nitrogens is 5. The standard InChI is InChI=1S/C23H28N6O/c1-15(2)22-25-14-18(19-5-3-4-11-24-19)21(28-22)17-8-6-16(7-9-17)13-26-23(30)20-10-12-27-29-20/h3-5,10-12,14-17H,6-9,13H2,1-2H3,(H,26,30)(H,27,29). The quantitative estimate of drug-likeness (QED) is 0.645. The van der Waals surface area contributed by atoms with Gasteiger partial charge >= 0.3 is 0 Å². The Morgan fingerprint density at radius 1 is 1.13 bits per heavy atom. The average molecular weight is 405 g/mol. The van der Waals surface area contributed by atoms with Crippen molar-refractivity contribution in [3.05, 3.63) is 60.1 Å². The molecule has 1 aliphatic carbocycles. The molecule has 156 valence electrons. The molecule has 0 saturated heterocycles. The Labute approximate surface area is 176 Å². The van der Waals surface area contributed by atoms with Crippen LogP contribution in [0.25, 0.3) is 11.3 Å².